The van der Waals surface area contributed by atoms with Crippen molar-refractivity contribution >= 4 is 38.5 Å². The third-order valence-corrected chi connectivity index (χ3v) is 7.05. The summed E-state index contributed by atoms with van der Waals surface area (Å²) in [5, 5.41) is 0.975. The van der Waals surface area contributed by atoms with Crippen LogP contribution in [0.2, 0.25) is 0 Å². The smallest absolute Gasteiger partial charge is 0.253 e. The van der Waals surface area contributed by atoms with Crippen molar-refractivity contribution in [2.24, 2.45) is 0 Å². The van der Waals surface area contributed by atoms with Crippen LogP contribution in [0.4, 0.5) is 0 Å². The number of nitrogens with zero attached hydrogens (tertiary/aromatic N) is 1. The van der Waals surface area contributed by atoms with E-state index < -0.39 is 10.0 Å². The highest BCUT2D eigenvalue weighted by Crippen LogP contribution is 2.30. The third kappa shape index (κ3) is 4.99. The molecule has 0 unspecified atom stereocenters. The van der Waals surface area contributed by atoms with Gasteiger partial charge in [0.2, 0.25) is 0 Å². The number of ketones is 1. The molecule has 0 saturated heterocycles. The summed E-state index contributed by atoms with van der Waals surface area (Å²) in [6.07, 6.45) is 5.43. The normalized spacial score (nSPS) is 11.7. The van der Waals surface area contributed by atoms with Gasteiger partial charge >= 0.3 is 0 Å². The Morgan fingerprint density at radius 1 is 1.12 bits per heavy atom. The van der Waals surface area contributed by atoms with E-state index in [9.17, 15) is 13.2 Å². The number of carbonyl (C=O) groups excluding carboxylic acids is 1. The molecule has 0 atom stereocenters. The number of aromatic nitrogens is 2. The van der Waals surface area contributed by atoms with E-state index >= 15 is 0 Å². The van der Waals surface area contributed by atoms with Crippen molar-refractivity contribution in [3.8, 4) is 11.1 Å². The molecule has 4 rings (SSSR count). The fourth-order valence-electron chi connectivity index (χ4n) is 3.70. The van der Waals surface area contributed by atoms with Crippen LogP contribution >= 0.6 is 11.8 Å². The van der Waals surface area contributed by atoms with E-state index in [2.05, 4.69) is 16.0 Å². The molecule has 0 bridgehead atoms. The lowest BCUT2D eigenvalue weighted by Gasteiger charge is -2.06. The standard InChI is InChI=1S/C24H22ClN3O4S/c1-32-11-3-5-19-12-16(9-10-26-19)22-15-27-23-14-18(7-8-21(22)23)24(29)17-4-2-6-20(13-17)33(30,31)28-25/h2,4,6-10,12-15,27-28H,3,5,11H2,1H3. The molecule has 0 fully saturated rings. The number of fused-ring (bicyclic) bond motifs is 1. The first-order valence-corrected chi connectivity index (χ1v) is 12.1. The fourth-order valence-corrected chi connectivity index (χ4v) is 4.60. The van der Waals surface area contributed by atoms with Crippen molar-refractivity contribution in [3.05, 3.63) is 83.8 Å². The van der Waals surface area contributed by atoms with E-state index in [1.54, 1.807) is 35.7 Å². The van der Waals surface area contributed by atoms with Gasteiger partial charge in [0.25, 0.3) is 10.0 Å². The molecule has 0 aliphatic heterocycles. The van der Waals surface area contributed by atoms with Gasteiger partial charge in [-0.1, -0.05) is 24.3 Å². The Morgan fingerprint density at radius 3 is 2.73 bits per heavy atom. The van der Waals surface area contributed by atoms with Gasteiger partial charge in [-0.2, -0.15) is 0 Å². The van der Waals surface area contributed by atoms with Crippen LogP contribution in [0.1, 0.15) is 28.0 Å². The largest absolute Gasteiger partial charge is 0.385 e. The first-order valence-electron chi connectivity index (χ1n) is 10.3. The number of nitrogens with one attached hydrogen (secondary N) is 2. The van der Waals surface area contributed by atoms with E-state index in [-0.39, 0.29) is 16.2 Å². The number of methoxy groups -OCH3 is 1. The fraction of sp³-hybridized carbons (Fsp3) is 0.167. The number of carbonyl (C=O) groups is 1. The van der Waals surface area contributed by atoms with Crippen molar-refractivity contribution < 1.29 is 17.9 Å². The maximum absolute atomic E-state index is 13.0. The van der Waals surface area contributed by atoms with Crippen LogP contribution in [-0.2, 0) is 21.2 Å². The van der Waals surface area contributed by atoms with Crippen LogP contribution < -0.4 is 4.24 Å². The lowest BCUT2D eigenvalue weighted by Crippen LogP contribution is -2.14. The number of rotatable bonds is 9. The Hall–Kier alpha value is -3.04. The Balaban J connectivity index is 1.63. The van der Waals surface area contributed by atoms with Crippen LogP contribution in [0.3, 0.4) is 0 Å². The van der Waals surface area contributed by atoms with Gasteiger partial charge in [0.15, 0.2) is 5.78 Å². The zero-order valence-electron chi connectivity index (χ0n) is 17.8. The van der Waals surface area contributed by atoms with Crippen LogP contribution in [0.5, 0.6) is 0 Å². The van der Waals surface area contributed by atoms with E-state index in [0.717, 1.165) is 40.6 Å². The number of ether oxygens (including phenoxy) is 1. The molecule has 9 heteroatoms. The zero-order chi connectivity index (χ0) is 23.4. The Morgan fingerprint density at radius 2 is 1.94 bits per heavy atom. The molecule has 2 heterocycles. The van der Waals surface area contributed by atoms with Gasteiger partial charge in [-0.15, -0.1) is 4.24 Å². The first kappa shape index (κ1) is 23.1. The lowest BCUT2D eigenvalue weighted by atomic mass is 9.99. The molecule has 2 aromatic heterocycles. The molecule has 7 nitrogen and oxygen atoms in total. The second-order valence-electron chi connectivity index (χ2n) is 7.53. The van der Waals surface area contributed by atoms with Gasteiger partial charge in [0.05, 0.1) is 4.90 Å². The molecule has 0 spiro atoms. The summed E-state index contributed by atoms with van der Waals surface area (Å²) in [6.45, 7) is 0.688. The lowest BCUT2D eigenvalue weighted by molar-refractivity contribution is 0.103. The van der Waals surface area contributed by atoms with Crippen molar-refractivity contribution in [3.63, 3.8) is 0 Å². The Labute approximate surface area is 196 Å². The topological polar surface area (TPSA) is 101 Å². The van der Waals surface area contributed by atoms with Gasteiger partial charge in [0, 0.05) is 59.4 Å². The molecule has 4 aromatic rings. The van der Waals surface area contributed by atoms with Crippen molar-refractivity contribution in [1.82, 2.24) is 14.2 Å². The molecular formula is C24H22ClN3O4S. The quantitative estimate of drug-likeness (QED) is 0.208. The van der Waals surface area contributed by atoms with Crippen LogP contribution in [0.15, 0.2) is 71.9 Å². The van der Waals surface area contributed by atoms with Gasteiger partial charge < -0.3 is 9.72 Å². The molecule has 33 heavy (non-hydrogen) atoms. The molecule has 170 valence electrons. The second kappa shape index (κ2) is 9.84. The Bertz CT molecular complexity index is 1420. The Kier molecular flexibility index (Phi) is 6.90. The number of H-pyrrole nitrogens is 1. The molecule has 0 aliphatic rings. The molecular weight excluding hydrogens is 462 g/mol. The minimum Gasteiger partial charge on any atom is -0.385 e. The highest BCUT2D eigenvalue weighted by molar-refractivity contribution is 7.90. The predicted molar refractivity (Wildman–Crippen MR) is 128 cm³/mol. The SMILES string of the molecule is COCCCc1cc(-c2c[nH]c3cc(C(=O)c4cccc(S(=O)(=O)NCl)c4)ccc23)ccn1. The average Bonchev–Trinajstić information content (AvgIpc) is 3.27. The van der Waals surface area contributed by atoms with Crippen molar-refractivity contribution in [2.45, 2.75) is 17.7 Å². The van der Waals surface area contributed by atoms with E-state index in [1.807, 2.05) is 18.3 Å². The number of sulfonamides is 1. The number of aryl methyl sites for hydroxylation is 1. The minimum absolute atomic E-state index is 0.0782. The van der Waals surface area contributed by atoms with Crippen LogP contribution in [0.25, 0.3) is 22.0 Å². The van der Waals surface area contributed by atoms with E-state index in [4.69, 9.17) is 16.5 Å². The summed E-state index contributed by atoms with van der Waals surface area (Å²) in [5.74, 6) is -0.288. The zero-order valence-corrected chi connectivity index (χ0v) is 19.4. The monoisotopic (exact) mass is 483 g/mol. The van der Waals surface area contributed by atoms with Crippen LogP contribution in [-0.4, -0.2) is 37.9 Å². The van der Waals surface area contributed by atoms with E-state index in [0.29, 0.717) is 12.2 Å². The summed E-state index contributed by atoms with van der Waals surface area (Å²) in [4.78, 5) is 20.6. The molecule has 0 amide bonds. The van der Waals surface area contributed by atoms with Gasteiger partial charge in [-0.3, -0.25) is 9.78 Å². The first-order chi connectivity index (χ1) is 15.9. The summed E-state index contributed by atoms with van der Waals surface area (Å²) in [5.41, 5.74) is 4.55. The van der Waals surface area contributed by atoms with Crippen LogP contribution in [0, 0.1) is 0 Å². The summed E-state index contributed by atoms with van der Waals surface area (Å²) in [7, 11) is -2.18. The molecule has 2 aromatic carbocycles. The maximum atomic E-state index is 13.0. The minimum atomic E-state index is -3.86. The highest BCUT2D eigenvalue weighted by Gasteiger charge is 2.17. The van der Waals surface area contributed by atoms with Gasteiger partial charge in [0.1, 0.15) is 0 Å². The van der Waals surface area contributed by atoms with Crippen molar-refractivity contribution in [2.75, 3.05) is 13.7 Å². The number of pyridine rings is 1. The molecule has 2 N–H and O–H groups in total. The van der Waals surface area contributed by atoms with Gasteiger partial charge in [-0.05, 0) is 60.5 Å². The number of hydrogen-bond donors (Lipinski definition) is 2. The highest BCUT2D eigenvalue weighted by atomic mass is 35.5. The third-order valence-electron chi connectivity index (χ3n) is 5.36. The average molecular weight is 484 g/mol. The van der Waals surface area contributed by atoms with Gasteiger partial charge in [-0.25, -0.2) is 8.42 Å². The summed E-state index contributed by atoms with van der Waals surface area (Å²) >= 11 is 5.30. The predicted octanol–water partition coefficient (Wildman–Crippen LogP) is 4.47. The maximum Gasteiger partial charge on any atom is 0.253 e. The number of halogens is 1. The molecule has 0 radical (unpaired) electrons. The molecule has 0 saturated carbocycles. The van der Waals surface area contributed by atoms with E-state index in [1.165, 1.54) is 18.2 Å². The second-order valence-corrected chi connectivity index (χ2v) is 9.63. The van der Waals surface area contributed by atoms with Crippen molar-refractivity contribution in [1.29, 1.82) is 0 Å². The number of benzene rings is 2. The summed E-state index contributed by atoms with van der Waals surface area (Å²) in [6, 6.07) is 15.2. The summed E-state index contributed by atoms with van der Waals surface area (Å²) < 4.78 is 30.8. The number of hydrogen-bond acceptors (Lipinski definition) is 5. The number of aromatic amines is 1. The molecule has 0 aliphatic carbocycles.